The minimum atomic E-state index is -0.262. The van der Waals surface area contributed by atoms with Crippen molar-refractivity contribution in [2.24, 2.45) is 0 Å². The second-order valence-electron chi connectivity index (χ2n) is 6.33. The van der Waals surface area contributed by atoms with Crippen LogP contribution in [0.3, 0.4) is 0 Å². The van der Waals surface area contributed by atoms with Gasteiger partial charge in [0, 0.05) is 26.2 Å². The van der Waals surface area contributed by atoms with E-state index in [2.05, 4.69) is 9.97 Å². The molecule has 0 saturated carbocycles. The number of aromatic nitrogens is 3. The minimum Gasteiger partial charge on any atom is -0.366 e. The van der Waals surface area contributed by atoms with Crippen LogP contribution in [0.2, 0.25) is 0 Å². The number of para-hydroxylation sites is 1. The molecule has 0 N–H and O–H groups in total. The topological polar surface area (TPSA) is 71.3 Å². The highest BCUT2D eigenvalue weighted by Crippen LogP contribution is 2.24. The Morgan fingerprint density at radius 2 is 2.00 bits per heavy atom. The van der Waals surface area contributed by atoms with Crippen LogP contribution in [0.4, 0.5) is 10.1 Å². The van der Waals surface area contributed by atoms with Crippen LogP contribution in [-0.2, 0) is 11.3 Å². The maximum absolute atomic E-state index is 13.9. The van der Waals surface area contributed by atoms with Gasteiger partial charge in [0.2, 0.25) is 5.91 Å². The monoisotopic (exact) mass is 419 g/mol. The lowest BCUT2D eigenvalue weighted by Crippen LogP contribution is -2.50. The number of amides is 1. The second-order valence-corrected chi connectivity index (χ2v) is 8.39. The molecule has 3 aromatic rings. The Hall–Kier alpha value is -2.46. The summed E-state index contributed by atoms with van der Waals surface area (Å²) < 4.78 is 16.5. The Labute approximate surface area is 168 Å². The number of thiazole rings is 1. The number of thioether (sulfide) groups is 1. The van der Waals surface area contributed by atoms with Crippen LogP contribution < -0.4 is 10.5 Å². The van der Waals surface area contributed by atoms with Crippen molar-refractivity contribution in [3.05, 3.63) is 46.8 Å². The number of halogens is 1. The van der Waals surface area contributed by atoms with Gasteiger partial charge in [0.05, 0.1) is 5.69 Å². The number of piperazine rings is 1. The third-order valence-corrected chi connectivity index (χ3v) is 6.69. The molecule has 1 amide bonds. The number of benzene rings is 1. The summed E-state index contributed by atoms with van der Waals surface area (Å²) in [6.45, 7) is 1.99. The molecule has 1 saturated heterocycles. The predicted molar refractivity (Wildman–Crippen MR) is 109 cm³/mol. The summed E-state index contributed by atoms with van der Waals surface area (Å²) in [5.74, 6) is -0.409. The van der Waals surface area contributed by atoms with Crippen molar-refractivity contribution >= 4 is 45.0 Å². The molecule has 2 aromatic heterocycles. The molecule has 0 bridgehead atoms. The Kier molecular flexibility index (Phi) is 5.31. The molecule has 10 heteroatoms. The van der Waals surface area contributed by atoms with Crippen LogP contribution in [-0.4, -0.2) is 57.8 Å². The molecule has 1 aliphatic rings. The molecular formula is C18H18FN5O2S2. The Morgan fingerprint density at radius 1 is 1.25 bits per heavy atom. The van der Waals surface area contributed by atoms with Gasteiger partial charge in [0.1, 0.15) is 23.4 Å². The summed E-state index contributed by atoms with van der Waals surface area (Å²) in [7, 11) is 0. The van der Waals surface area contributed by atoms with E-state index in [0.717, 1.165) is 4.34 Å². The molecule has 1 fully saturated rings. The van der Waals surface area contributed by atoms with Gasteiger partial charge in [-0.05, 0) is 18.4 Å². The first-order valence-electron chi connectivity index (χ1n) is 8.74. The van der Waals surface area contributed by atoms with Gasteiger partial charge in [-0.2, -0.15) is 0 Å². The van der Waals surface area contributed by atoms with E-state index in [1.54, 1.807) is 23.1 Å². The molecule has 3 heterocycles. The second kappa shape index (κ2) is 7.88. The zero-order chi connectivity index (χ0) is 19.7. The first-order valence-corrected chi connectivity index (χ1v) is 10.8. The quantitative estimate of drug-likeness (QED) is 0.603. The van der Waals surface area contributed by atoms with Crippen molar-refractivity contribution in [3.63, 3.8) is 0 Å². The highest BCUT2D eigenvalue weighted by molar-refractivity contribution is 8.00. The molecule has 1 aromatic carbocycles. The summed E-state index contributed by atoms with van der Waals surface area (Å²) in [5.41, 5.74) is 0.720. The molecular weight excluding hydrogens is 401 g/mol. The van der Waals surface area contributed by atoms with Gasteiger partial charge in [0.25, 0.3) is 5.56 Å². The number of rotatable bonds is 4. The molecule has 0 radical (unpaired) electrons. The summed E-state index contributed by atoms with van der Waals surface area (Å²) in [5, 5.41) is 0. The summed E-state index contributed by atoms with van der Waals surface area (Å²) in [4.78, 5) is 37.4. The van der Waals surface area contributed by atoms with E-state index in [1.165, 1.54) is 40.1 Å². The summed E-state index contributed by atoms with van der Waals surface area (Å²) in [6.07, 6.45) is 3.27. The van der Waals surface area contributed by atoms with Gasteiger partial charge >= 0.3 is 0 Å². The van der Waals surface area contributed by atoms with Crippen LogP contribution in [0.15, 0.2) is 39.7 Å². The van der Waals surface area contributed by atoms with Crippen molar-refractivity contribution in [1.82, 2.24) is 19.4 Å². The predicted octanol–water partition coefficient (Wildman–Crippen LogP) is 2.06. The fraction of sp³-hybridized carbons (Fsp3) is 0.333. The molecule has 146 valence electrons. The number of hydrogen-bond donors (Lipinski definition) is 0. The molecule has 0 spiro atoms. The van der Waals surface area contributed by atoms with Gasteiger partial charge in [-0.1, -0.05) is 23.9 Å². The largest absolute Gasteiger partial charge is 0.366 e. The lowest BCUT2D eigenvalue weighted by Gasteiger charge is -2.36. The standard InChI is InChI=1S/C18H18FN5O2S2/c1-27-18-21-16-15(28-18)17(26)24(11-20-16)10-14(25)23-8-6-22(7-9-23)13-5-3-2-4-12(13)19/h2-5,11H,6-10H2,1H3. The molecule has 1 aliphatic heterocycles. The highest BCUT2D eigenvalue weighted by atomic mass is 32.2. The van der Waals surface area contributed by atoms with Crippen molar-refractivity contribution < 1.29 is 9.18 Å². The normalized spacial score (nSPS) is 14.6. The molecule has 28 heavy (non-hydrogen) atoms. The number of carbonyl (C=O) groups excluding carboxylic acids is 1. The summed E-state index contributed by atoms with van der Waals surface area (Å²) >= 11 is 2.75. The van der Waals surface area contributed by atoms with E-state index in [-0.39, 0.29) is 23.8 Å². The van der Waals surface area contributed by atoms with Gasteiger partial charge in [-0.25, -0.2) is 14.4 Å². The van der Waals surface area contributed by atoms with Crippen molar-refractivity contribution in [3.8, 4) is 0 Å². The van der Waals surface area contributed by atoms with Gasteiger partial charge in [0.15, 0.2) is 9.99 Å². The van der Waals surface area contributed by atoms with E-state index in [0.29, 0.717) is 42.2 Å². The fourth-order valence-corrected chi connectivity index (χ4v) is 4.64. The zero-order valence-electron chi connectivity index (χ0n) is 15.2. The van der Waals surface area contributed by atoms with Crippen molar-refractivity contribution in [2.75, 3.05) is 37.3 Å². The highest BCUT2D eigenvalue weighted by Gasteiger charge is 2.23. The zero-order valence-corrected chi connectivity index (χ0v) is 16.8. The summed E-state index contributed by atoms with van der Waals surface area (Å²) in [6, 6.07) is 6.63. The lowest BCUT2D eigenvalue weighted by atomic mass is 10.2. The van der Waals surface area contributed by atoms with Gasteiger partial charge in [-0.15, -0.1) is 11.3 Å². The average molecular weight is 420 g/mol. The number of nitrogens with zero attached hydrogens (tertiary/aromatic N) is 5. The van der Waals surface area contributed by atoms with Crippen molar-refractivity contribution in [1.29, 1.82) is 0 Å². The SMILES string of the molecule is CSc1nc2ncn(CC(=O)N3CCN(c4ccccc4F)CC3)c(=O)c2s1. The Morgan fingerprint density at radius 3 is 2.71 bits per heavy atom. The average Bonchev–Trinajstić information content (AvgIpc) is 3.15. The van der Waals surface area contributed by atoms with E-state index in [4.69, 9.17) is 0 Å². The van der Waals surface area contributed by atoms with E-state index < -0.39 is 0 Å². The maximum Gasteiger partial charge on any atom is 0.273 e. The van der Waals surface area contributed by atoms with E-state index in [1.807, 2.05) is 11.2 Å². The van der Waals surface area contributed by atoms with Crippen LogP contribution in [0.5, 0.6) is 0 Å². The Bertz CT molecular complexity index is 1080. The van der Waals surface area contributed by atoms with Crippen molar-refractivity contribution in [2.45, 2.75) is 10.9 Å². The van der Waals surface area contributed by atoms with E-state index in [9.17, 15) is 14.0 Å². The van der Waals surface area contributed by atoms with Gasteiger partial charge < -0.3 is 9.80 Å². The number of anilines is 1. The van der Waals surface area contributed by atoms with Gasteiger partial charge in [-0.3, -0.25) is 14.2 Å². The molecule has 4 rings (SSSR count). The first kappa shape index (κ1) is 18.9. The maximum atomic E-state index is 13.9. The molecule has 0 unspecified atom stereocenters. The number of carbonyl (C=O) groups is 1. The van der Waals surface area contributed by atoms with E-state index >= 15 is 0 Å². The first-order chi connectivity index (χ1) is 13.6. The third kappa shape index (κ3) is 3.61. The van der Waals surface area contributed by atoms with Crippen LogP contribution in [0.25, 0.3) is 10.3 Å². The lowest BCUT2D eigenvalue weighted by molar-refractivity contribution is -0.132. The third-order valence-electron chi connectivity index (χ3n) is 4.67. The molecule has 7 nitrogen and oxygen atoms in total. The fourth-order valence-electron chi connectivity index (χ4n) is 3.18. The minimum absolute atomic E-state index is 0.0615. The number of hydrogen-bond acceptors (Lipinski definition) is 7. The molecule has 0 atom stereocenters. The molecule has 0 aliphatic carbocycles. The Balaban J connectivity index is 1.44. The van der Waals surface area contributed by atoms with Crippen LogP contribution >= 0.6 is 23.1 Å². The number of fused-ring (bicyclic) bond motifs is 1. The smallest absolute Gasteiger partial charge is 0.273 e. The van der Waals surface area contributed by atoms with Crippen LogP contribution in [0, 0.1) is 5.82 Å². The van der Waals surface area contributed by atoms with Crippen LogP contribution in [0.1, 0.15) is 0 Å².